The van der Waals surface area contributed by atoms with Gasteiger partial charge in [0.2, 0.25) is 11.6 Å². The summed E-state index contributed by atoms with van der Waals surface area (Å²) in [5, 5.41) is 0. The largest absolute Gasteiger partial charge is 0.493 e. The van der Waals surface area contributed by atoms with Crippen LogP contribution in [-0.2, 0) is 38.2 Å². The quantitative estimate of drug-likeness (QED) is 0.259. The molecule has 0 fully saturated rings. The fourth-order valence-electron chi connectivity index (χ4n) is 5.56. The van der Waals surface area contributed by atoms with Crippen LogP contribution in [0.4, 0.5) is 0 Å². The van der Waals surface area contributed by atoms with Gasteiger partial charge in [-0.1, -0.05) is 36.5 Å². The number of hydrogen-bond donors (Lipinski definition) is 0. The number of fused-ring (bicyclic) bond motifs is 2. The van der Waals surface area contributed by atoms with Gasteiger partial charge in [0.1, 0.15) is 0 Å². The number of carbonyl (C=O) groups is 6. The summed E-state index contributed by atoms with van der Waals surface area (Å²) in [6, 6.07) is 0. The standard InChI is InChI=1S/C30H30O8/c1-7-9-11-13-18(31)15-30-22(25(34)17(4)28(38-6)29(30)36)20(19(32)14-12-10-8-2)21-23(30)24(33)16(3)27(37-5)26(21)35/h7-14,20,22H,15H2,1-6H3/b9-7+,10-8+,13-11-,14-12?/t20-,22-,30+/m1/s1. The molecule has 0 amide bonds. The Hall–Kier alpha value is -4.20. The third-order valence-corrected chi connectivity index (χ3v) is 7.17. The Bertz CT molecular complexity index is 1360. The van der Waals surface area contributed by atoms with Gasteiger partial charge in [0.15, 0.2) is 34.7 Å². The summed E-state index contributed by atoms with van der Waals surface area (Å²) >= 11 is 0. The highest BCUT2D eigenvalue weighted by molar-refractivity contribution is 6.33. The molecule has 38 heavy (non-hydrogen) atoms. The van der Waals surface area contributed by atoms with Gasteiger partial charge in [0.25, 0.3) is 0 Å². The molecule has 3 aliphatic rings. The summed E-state index contributed by atoms with van der Waals surface area (Å²) in [4.78, 5) is 82.4. The Morgan fingerprint density at radius 2 is 1.39 bits per heavy atom. The third kappa shape index (κ3) is 4.20. The van der Waals surface area contributed by atoms with Crippen molar-refractivity contribution in [2.45, 2.75) is 34.1 Å². The van der Waals surface area contributed by atoms with E-state index < -0.39 is 58.4 Å². The zero-order valence-electron chi connectivity index (χ0n) is 22.2. The molecule has 0 N–H and O–H groups in total. The van der Waals surface area contributed by atoms with Crippen LogP contribution in [-0.4, -0.2) is 48.9 Å². The van der Waals surface area contributed by atoms with Gasteiger partial charge in [-0.05, 0) is 39.8 Å². The summed E-state index contributed by atoms with van der Waals surface area (Å²) < 4.78 is 10.5. The summed E-state index contributed by atoms with van der Waals surface area (Å²) in [5.41, 5.74) is -2.81. The van der Waals surface area contributed by atoms with E-state index in [0.717, 1.165) is 0 Å². The lowest BCUT2D eigenvalue weighted by Gasteiger charge is -2.40. The van der Waals surface area contributed by atoms with Crippen LogP contribution in [0.5, 0.6) is 0 Å². The van der Waals surface area contributed by atoms with Crippen molar-refractivity contribution in [2.24, 2.45) is 17.3 Å². The second-order valence-corrected chi connectivity index (χ2v) is 9.20. The minimum atomic E-state index is -2.10. The van der Waals surface area contributed by atoms with E-state index in [1.807, 2.05) is 0 Å². The number of carbonyl (C=O) groups excluding carboxylic acids is 6. The molecular weight excluding hydrogens is 488 g/mol. The SMILES string of the molecule is C/C=C/C=CC(=O)[C@@H]1C2=C(C(=O)C(C)=C(OC)C2=O)[C@@]2(CC(=O)/C=C\C=C\C)C(=O)C(OC)=C(C)C(=O)[C@@H]12. The van der Waals surface area contributed by atoms with E-state index >= 15 is 0 Å². The van der Waals surface area contributed by atoms with E-state index in [1.54, 1.807) is 38.2 Å². The molecule has 198 valence electrons. The van der Waals surface area contributed by atoms with Gasteiger partial charge in [-0.2, -0.15) is 0 Å². The lowest BCUT2D eigenvalue weighted by atomic mass is 9.58. The van der Waals surface area contributed by atoms with E-state index in [4.69, 9.17) is 9.47 Å². The molecule has 0 heterocycles. The first kappa shape index (κ1) is 28.4. The number of methoxy groups -OCH3 is 2. The zero-order valence-corrected chi connectivity index (χ0v) is 22.2. The van der Waals surface area contributed by atoms with Crippen molar-refractivity contribution in [1.29, 1.82) is 0 Å². The van der Waals surface area contributed by atoms with Gasteiger partial charge in [-0.25, -0.2) is 0 Å². The van der Waals surface area contributed by atoms with Crippen molar-refractivity contribution in [3.05, 3.63) is 82.4 Å². The van der Waals surface area contributed by atoms with Crippen LogP contribution in [0, 0.1) is 17.3 Å². The molecule has 0 unspecified atom stereocenters. The average Bonchev–Trinajstić information content (AvgIpc) is 3.19. The lowest BCUT2D eigenvalue weighted by molar-refractivity contribution is -0.143. The molecule has 0 saturated heterocycles. The van der Waals surface area contributed by atoms with Gasteiger partial charge < -0.3 is 9.47 Å². The minimum absolute atomic E-state index is 0.0401. The van der Waals surface area contributed by atoms with E-state index in [-0.39, 0.29) is 33.8 Å². The van der Waals surface area contributed by atoms with Crippen LogP contribution in [0.3, 0.4) is 0 Å². The van der Waals surface area contributed by atoms with Crippen molar-refractivity contribution >= 4 is 34.7 Å². The van der Waals surface area contributed by atoms with Crippen LogP contribution >= 0.6 is 0 Å². The highest BCUT2D eigenvalue weighted by Crippen LogP contribution is 2.60. The van der Waals surface area contributed by atoms with E-state index in [0.29, 0.717) is 0 Å². The normalized spacial score (nSPS) is 26.1. The van der Waals surface area contributed by atoms with E-state index in [1.165, 1.54) is 52.4 Å². The number of rotatable bonds is 9. The van der Waals surface area contributed by atoms with E-state index in [9.17, 15) is 28.8 Å². The van der Waals surface area contributed by atoms with Crippen LogP contribution in [0.2, 0.25) is 0 Å². The Labute approximate surface area is 221 Å². The van der Waals surface area contributed by atoms with Gasteiger partial charge in [0.05, 0.1) is 31.5 Å². The summed E-state index contributed by atoms with van der Waals surface area (Å²) in [7, 11) is 2.43. The van der Waals surface area contributed by atoms with Crippen molar-refractivity contribution in [3.63, 3.8) is 0 Å². The first-order valence-corrected chi connectivity index (χ1v) is 12.1. The fourth-order valence-corrected chi connectivity index (χ4v) is 5.56. The average molecular weight is 519 g/mol. The molecule has 8 nitrogen and oxygen atoms in total. The monoisotopic (exact) mass is 518 g/mol. The lowest BCUT2D eigenvalue weighted by Crippen LogP contribution is -2.51. The number of ketones is 6. The molecule has 3 atom stereocenters. The molecule has 8 heteroatoms. The molecule has 3 rings (SSSR count). The topological polar surface area (TPSA) is 121 Å². The molecule has 0 aromatic rings. The fraction of sp³-hybridized carbons (Fsp3) is 0.333. The maximum Gasteiger partial charge on any atom is 0.225 e. The van der Waals surface area contributed by atoms with Crippen LogP contribution in [0.25, 0.3) is 0 Å². The summed E-state index contributed by atoms with van der Waals surface area (Å²) in [6.07, 6.45) is 11.3. The van der Waals surface area contributed by atoms with E-state index in [2.05, 4.69) is 0 Å². The van der Waals surface area contributed by atoms with Crippen molar-refractivity contribution in [1.82, 2.24) is 0 Å². The Morgan fingerprint density at radius 3 is 1.95 bits per heavy atom. The van der Waals surface area contributed by atoms with Crippen LogP contribution in [0.15, 0.2) is 82.4 Å². The Kier molecular flexibility index (Phi) is 8.25. The Balaban J connectivity index is 2.43. The van der Waals surface area contributed by atoms with Crippen LogP contribution in [0.1, 0.15) is 34.1 Å². The molecule has 0 radical (unpaired) electrons. The molecule has 3 aliphatic carbocycles. The minimum Gasteiger partial charge on any atom is -0.493 e. The zero-order chi connectivity index (χ0) is 28.4. The van der Waals surface area contributed by atoms with Gasteiger partial charge in [-0.3, -0.25) is 28.8 Å². The number of hydrogen-bond acceptors (Lipinski definition) is 8. The van der Waals surface area contributed by atoms with Gasteiger partial charge >= 0.3 is 0 Å². The molecule has 0 aliphatic heterocycles. The molecule has 0 aromatic heterocycles. The number of allylic oxidation sites excluding steroid dienone is 13. The highest BCUT2D eigenvalue weighted by Gasteiger charge is 2.69. The second-order valence-electron chi connectivity index (χ2n) is 9.20. The first-order valence-electron chi connectivity index (χ1n) is 12.1. The molecule has 0 saturated carbocycles. The maximum absolute atomic E-state index is 14.2. The van der Waals surface area contributed by atoms with Gasteiger partial charge in [-0.15, -0.1) is 0 Å². The Morgan fingerprint density at radius 1 is 0.816 bits per heavy atom. The summed E-state index contributed by atoms with van der Waals surface area (Å²) in [6.45, 7) is 6.26. The predicted molar refractivity (Wildman–Crippen MR) is 138 cm³/mol. The van der Waals surface area contributed by atoms with Crippen LogP contribution < -0.4 is 0 Å². The molecular formula is C30H30O8. The van der Waals surface area contributed by atoms with Crippen molar-refractivity contribution in [2.75, 3.05) is 14.2 Å². The number of ether oxygens (including phenoxy) is 2. The molecule has 0 spiro atoms. The highest BCUT2D eigenvalue weighted by atomic mass is 16.5. The second kappa shape index (κ2) is 11.0. The molecule has 0 aromatic carbocycles. The summed E-state index contributed by atoms with van der Waals surface area (Å²) in [5.74, 6) is -7.67. The predicted octanol–water partition coefficient (Wildman–Crippen LogP) is 3.45. The number of Topliss-reactive ketones (excluding diaryl/α,β-unsaturated/α-hetero) is 4. The molecule has 0 bridgehead atoms. The van der Waals surface area contributed by atoms with Crippen molar-refractivity contribution in [3.8, 4) is 0 Å². The third-order valence-electron chi connectivity index (χ3n) is 7.17. The maximum atomic E-state index is 14.2. The van der Waals surface area contributed by atoms with Crippen molar-refractivity contribution < 1.29 is 38.2 Å². The smallest absolute Gasteiger partial charge is 0.225 e. The van der Waals surface area contributed by atoms with Gasteiger partial charge in [0, 0.05) is 28.7 Å². The first-order chi connectivity index (χ1) is 18.0.